The normalized spacial score (nSPS) is 10.3. The lowest BCUT2D eigenvalue weighted by Crippen LogP contribution is -2.12. The molecule has 2 rings (SSSR count). The van der Waals surface area contributed by atoms with Crippen molar-refractivity contribution in [3.8, 4) is 11.5 Å². The van der Waals surface area contributed by atoms with Crippen molar-refractivity contribution < 1.29 is 13.5 Å². The molecule has 0 bridgehead atoms. The summed E-state index contributed by atoms with van der Waals surface area (Å²) >= 11 is 5.78. The van der Waals surface area contributed by atoms with Crippen molar-refractivity contribution in [1.82, 2.24) is 0 Å². The summed E-state index contributed by atoms with van der Waals surface area (Å²) in [6, 6.07) is 7.19. The van der Waals surface area contributed by atoms with Gasteiger partial charge in [0, 0.05) is 11.1 Å². The fourth-order valence-corrected chi connectivity index (χ4v) is 1.65. The number of benzene rings is 2. The molecule has 0 heterocycles. The highest BCUT2D eigenvalue weighted by molar-refractivity contribution is 6.31. The van der Waals surface area contributed by atoms with Crippen LogP contribution in [0.15, 0.2) is 36.4 Å². The van der Waals surface area contributed by atoms with Gasteiger partial charge in [0.25, 0.3) is 0 Å². The van der Waals surface area contributed by atoms with Crippen molar-refractivity contribution in [3.63, 3.8) is 0 Å². The first-order chi connectivity index (χ1) is 8.97. The number of ether oxygens (including phenoxy) is 1. The van der Waals surface area contributed by atoms with E-state index in [0.717, 1.165) is 18.2 Å². The van der Waals surface area contributed by atoms with Gasteiger partial charge in [-0.15, -0.1) is 0 Å². The van der Waals surface area contributed by atoms with Crippen LogP contribution in [0.3, 0.4) is 0 Å². The van der Waals surface area contributed by atoms with E-state index in [0.29, 0.717) is 5.02 Å². The number of rotatable bonds is 3. The maximum Gasteiger partial charge on any atom is 0.166 e. The molecule has 0 atom stereocenters. The lowest BCUT2D eigenvalue weighted by Gasteiger charge is -2.11. The Morgan fingerprint density at radius 2 is 1.84 bits per heavy atom. The van der Waals surface area contributed by atoms with E-state index in [4.69, 9.17) is 27.5 Å². The minimum Gasteiger partial charge on any atom is -0.453 e. The molecule has 0 saturated heterocycles. The molecule has 0 radical (unpaired) electrons. The number of halogens is 3. The average molecular weight is 283 g/mol. The molecule has 0 aromatic heterocycles. The Balaban J connectivity index is 2.43. The molecule has 0 aliphatic heterocycles. The van der Waals surface area contributed by atoms with Crippen molar-refractivity contribution in [2.24, 2.45) is 5.73 Å². The fraction of sp³-hybridized carbons (Fsp3) is 0. The third-order valence-electron chi connectivity index (χ3n) is 2.34. The third kappa shape index (κ3) is 3.00. The van der Waals surface area contributed by atoms with Gasteiger partial charge in [-0.1, -0.05) is 11.6 Å². The second-order valence-corrected chi connectivity index (χ2v) is 4.17. The number of nitrogen functional groups attached to an aromatic ring is 1. The van der Waals surface area contributed by atoms with Crippen LogP contribution in [0.4, 0.5) is 8.78 Å². The second kappa shape index (κ2) is 5.24. The van der Waals surface area contributed by atoms with E-state index >= 15 is 0 Å². The van der Waals surface area contributed by atoms with Gasteiger partial charge < -0.3 is 10.5 Å². The van der Waals surface area contributed by atoms with Crippen molar-refractivity contribution in [2.45, 2.75) is 0 Å². The number of amidine groups is 1. The van der Waals surface area contributed by atoms with E-state index in [1.807, 2.05) is 0 Å². The summed E-state index contributed by atoms with van der Waals surface area (Å²) in [4.78, 5) is 0. The Bertz CT molecular complexity index is 647. The maximum absolute atomic E-state index is 13.5. The van der Waals surface area contributed by atoms with Gasteiger partial charge in [-0.3, -0.25) is 5.41 Å². The molecule has 0 saturated carbocycles. The zero-order valence-electron chi connectivity index (χ0n) is 9.58. The average Bonchev–Trinajstić information content (AvgIpc) is 2.35. The zero-order valence-corrected chi connectivity index (χ0v) is 10.3. The van der Waals surface area contributed by atoms with E-state index in [2.05, 4.69) is 0 Å². The molecule has 19 heavy (non-hydrogen) atoms. The highest BCUT2D eigenvalue weighted by Crippen LogP contribution is 2.29. The van der Waals surface area contributed by atoms with Crippen LogP contribution >= 0.6 is 11.6 Å². The van der Waals surface area contributed by atoms with Gasteiger partial charge in [0.1, 0.15) is 17.4 Å². The molecule has 6 heteroatoms. The first-order valence-corrected chi connectivity index (χ1v) is 5.62. The molecule has 0 unspecified atom stereocenters. The molecule has 2 aromatic carbocycles. The van der Waals surface area contributed by atoms with Crippen LogP contribution in [0.1, 0.15) is 5.56 Å². The molecule has 2 aromatic rings. The van der Waals surface area contributed by atoms with Gasteiger partial charge in [-0.25, -0.2) is 8.78 Å². The maximum atomic E-state index is 13.5. The topological polar surface area (TPSA) is 59.1 Å². The molecular formula is C13H9ClF2N2O. The second-order valence-electron chi connectivity index (χ2n) is 3.73. The lowest BCUT2D eigenvalue weighted by atomic mass is 10.2. The van der Waals surface area contributed by atoms with Gasteiger partial charge in [0.15, 0.2) is 11.6 Å². The largest absolute Gasteiger partial charge is 0.453 e. The summed E-state index contributed by atoms with van der Waals surface area (Å²) < 4.78 is 31.7. The van der Waals surface area contributed by atoms with Crippen molar-refractivity contribution >= 4 is 17.4 Å². The van der Waals surface area contributed by atoms with E-state index in [1.165, 1.54) is 18.2 Å². The standard InChI is InChI=1S/C13H9ClF2N2O/c14-7-1-4-11(9(5-7)13(17)18)19-12-6-8(15)2-3-10(12)16/h1-6H,(H3,17,18). The van der Waals surface area contributed by atoms with Crippen LogP contribution in [0.2, 0.25) is 5.02 Å². The zero-order chi connectivity index (χ0) is 14.0. The van der Waals surface area contributed by atoms with E-state index < -0.39 is 11.6 Å². The van der Waals surface area contributed by atoms with Crippen molar-refractivity contribution in [1.29, 1.82) is 5.41 Å². The number of nitrogens with one attached hydrogen (secondary N) is 1. The molecule has 0 amide bonds. The van der Waals surface area contributed by atoms with Gasteiger partial charge in [-0.05, 0) is 30.3 Å². The van der Waals surface area contributed by atoms with Crippen molar-refractivity contribution in [2.75, 3.05) is 0 Å². The highest BCUT2D eigenvalue weighted by atomic mass is 35.5. The fourth-order valence-electron chi connectivity index (χ4n) is 1.48. The molecule has 98 valence electrons. The first kappa shape index (κ1) is 13.3. The van der Waals surface area contributed by atoms with Crippen LogP contribution in [-0.2, 0) is 0 Å². The summed E-state index contributed by atoms with van der Waals surface area (Å²) in [7, 11) is 0. The van der Waals surface area contributed by atoms with Crippen LogP contribution in [0.5, 0.6) is 11.5 Å². The van der Waals surface area contributed by atoms with Crippen molar-refractivity contribution in [3.05, 3.63) is 58.6 Å². The summed E-state index contributed by atoms with van der Waals surface area (Å²) in [6.07, 6.45) is 0. The quantitative estimate of drug-likeness (QED) is 0.666. The SMILES string of the molecule is N=C(N)c1cc(Cl)ccc1Oc1cc(F)ccc1F. The number of hydrogen-bond acceptors (Lipinski definition) is 2. The van der Waals surface area contributed by atoms with E-state index in [-0.39, 0.29) is 22.9 Å². The van der Waals surface area contributed by atoms with Crippen LogP contribution in [0.25, 0.3) is 0 Å². The monoisotopic (exact) mass is 282 g/mol. The molecule has 3 nitrogen and oxygen atoms in total. The van der Waals surface area contributed by atoms with Gasteiger partial charge in [0.2, 0.25) is 0 Å². The summed E-state index contributed by atoms with van der Waals surface area (Å²) in [5, 5.41) is 7.76. The summed E-state index contributed by atoms with van der Waals surface area (Å²) in [6.45, 7) is 0. The Morgan fingerprint density at radius 1 is 1.11 bits per heavy atom. The Labute approximate surface area is 113 Å². The lowest BCUT2D eigenvalue weighted by molar-refractivity contribution is 0.436. The summed E-state index contributed by atoms with van der Waals surface area (Å²) in [5.74, 6) is -1.79. The number of hydrogen-bond donors (Lipinski definition) is 2. The smallest absolute Gasteiger partial charge is 0.166 e. The molecule has 3 N–H and O–H groups in total. The van der Waals surface area contributed by atoms with Crippen LogP contribution in [0, 0.1) is 17.0 Å². The molecule has 0 fully saturated rings. The Hall–Kier alpha value is -2.14. The minimum atomic E-state index is -0.717. The van der Waals surface area contributed by atoms with Gasteiger partial charge in [0.05, 0.1) is 5.56 Å². The molecule has 0 spiro atoms. The Kier molecular flexibility index (Phi) is 3.66. The first-order valence-electron chi connectivity index (χ1n) is 5.24. The van der Waals surface area contributed by atoms with Crippen LogP contribution in [-0.4, -0.2) is 5.84 Å². The summed E-state index contributed by atoms with van der Waals surface area (Å²) in [5.41, 5.74) is 5.59. The minimum absolute atomic E-state index is 0.126. The molecule has 0 aliphatic carbocycles. The number of nitrogens with two attached hydrogens (primary N) is 1. The van der Waals surface area contributed by atoms with E-state index in [1.54, 1.807) is 0 Å². The van der Waals surface area contributed by atoms with Crippen LogP contribution < -0.4 is 10.5 Å². The van der Waals surface area contributed by atoms with E-state index in [9.17, 15) is 8.78 Å². The van der Waals surface area contributed by atoms with Gasteiger partial charge >= 0.3 is 0 Å². The van der Waals surface area contributed by atoms with Gasteiger partial charge in [-0.2, -0.15) is 0 Å². The predicted octanol–water partition coefficient (Wildman–Crippen LogP) is 3.69. The third-order valence-corrected chi connectivity index (χ3v) is 2.58. The highest BCUT2D eigenvalue weighted by Gasteiger charge is 2.12. The molecular weight excluding hydrogens is 274 g/mol. The molecule has 0 aliphatic rings. The Morgan fingerprint density at radius 3 is 2.53 bits per heavy atom. The predicted molar refractivity (Wildman–Crippen MR) is 68.9 cm³/mol.